The normalized spacial score (nSPS) is 12.9. The standard InChI is InChI=1S/C9H13NS/c1-4-8(10-3)9-6-5-7(2)11-9/h4-6,8,10H,1H2,2-3H3. The van der Waals surface area contributed by atoms with Gasteiger partial charge in [-0.05, 0) is 26.1 Å². The largest absolute Gasteiger partial charge is 0.309 e. The molecule has 0 aliphatic carbocycles. The Kier molecular flexibility index (Phi) is 2.85. The summed E-state index contributed by atoms with van der Waals surface area (Å²) in [5.41, 5.74) is 0. The van der Waals surface area contributed by atoms with Crippen LogP contribution in [0.3, 0.4) is 0 Å². The van der Waals surface area contributed by atoms with Crippen LogP contribution in [0.2, 0.25) is 0 Å². The van der Waals surface area contributed by atoms with E-state index in [1.165, 1.54) is 9.75 Å². The zero-order chi connectivity index (χ0) is 8.27. The lowest BCUT2D eigenvalue weighted by Crippen LogP contribution is -2.11. The Morgan fingerprint density at radius 2 is 2.36 bits per heavy atom. The summed E-state index contributed by atoms with van der Waals surface area (Å²) < 4.78 is 0. The maximum Gasteiger partial charge on any atom is 0.0595 e. The van der Waals surface area contributed by atoms with Crippen molar-refractivity contribution in [2.45, 2.75) is 13.0 Å². The first-order valence-electron chi connectivity index (χ1n) is 3.64. The summed E-state index contributed by atoms with van der Waals surface area (Å²) in [7, 11) is 1.95. The molecule has 1 rings (SSSR count). The molecule has 2 heteroatoms. The second-order valence-electron chi connectivity index (χ2n) is 2.45. The van der Waals surface area contributed by atoms with Gasteiger partial charge in [0.05, 0.1) is 6.04 Å². The van der Waals surface area contributed by atoms with Gasteiger partial charge in [0, 0.05) is 9.75 Å². The molecule has 60 valence electrons. The molecule has 0 amide bonds. The second-order valence-corrected chi connectivity index (χ2v) is 3.77. The summed E-state index contributed by atoms with van der Waals surface area (Å²) in [6.45, 7) is 5.88. The zero-order valence-corrected chi connectivity index (χ0v) is 7.74. The van der Waals surface area contributed by atoms with Gasteiger partial charge in [0.1, 0.15) is 0 Å². The van der Waals surface area contributed by atoms with Crippen LogP contribution in [0.4, 0.5) is 0 Å². The highest BCUT2D eigenvalue weighted by Crippen LogP contribution is 2.22. The fourth-order valence-corrected chi connectivity index (χ4v) is 1.98. The van der Waals surface area contributed by atoms with E-state index in [0.29, 0.717) is 6.04 Å². The molecule has 1 aromatic rings. The first-order valence-corrected chi connectivity index (χ1v) is 4.45. The lowest BCUT2D eigenvalue weighted by molar-refractivity contribution is 0.729. The van der Waals surface area contributed by atoms with E-state index in [-0.39, 0.29) is 0 Å². The average molecular weight is 167 g/mol. The van der Waals surface area contributed by atoms with E-state index in [2.05, 4.69) is 31.0 Å². The van der Waals surface area contributed by atoms with Crippen LogP contribution in [0.5, 0.6) is 0 Å². The lowest BCUT2D eigenvalue weighted by Gasteiger charge is -2.07. The third kappa shape index (κ3) is 1.91. The van der Waals surface area contributed by atoms with Gasteiger partial charge in [-0.15, -0.1) is 17.9 Å². The number of hydrogen-bond donors (Lipinski definition) is 1. The zero-order valence-electron chi connectivity index (χ0n) is 6.92. The molecule has 0 radical (unpaired) electrons. The highest BCUT2D eigenvalue weighted by atomic mass is 32.1. The van der Waals surface area contributed by atoms with Crippen LogP contribution in [0.1, 0.15) is 15.8 Å². The Labute approximate surface area is 71.8 Å². The molecular weight excluding hydrogens is 154 g/mol. The highest BCUT2D eigenvalue weighted by Gasteiger charge is 2.05. The van der Waals surface area contributed by atoms with Gasteiger partial charge in [-0.25, -0.2) is 0 Å². The van der Waals surface area contributed by atoms with E-state index in [1.54, 1.807) is 0 Å². The first-order chi connectivity index (χ1) is 5.27. The maximum atomic E-state index is 3.76. The van der Waals surface area contributed by atoms with Gasteiger partial charge in [-0.3, -0.25) is 0 Å². The number of hydrogen-bond acceptors (Lipinski definition) is 2. The molecule has 1 atom stereocenters. The first kappa shape index (κ1) is 8.50. The molecule has 0 bridgehead atoms. The Hall–Kier alpha value is -0.600. The van der Waals surface area contributed by atoms with Crippen molar-refractivity contribution in [2.24, 2.45) is 0 Å². The molecule has 0 saturated heterocycles. The second kappa shape index (κ2) is 3.69. The number of nitrogens with one attached hydrogen (secondary N) is 1. The number of rotatable bonds is 3. The van der Waals surface area contributed by atoms with Gasteiger partial charge in [-0.1, -0.05) is 6.08 Å². The van der Waals surface area contributed by atoms with Gasteiger partial charge in [-0.2, -0.15) is 0 Å². The van der Waals surface area contributed by atoms with Crippen LogP contribution < -0.4 is 5.32 Å². The van der Waals surface area contributed by atoms with E-state index in [4.69, 9.17) is 0 Å². The van der Waals surface area contributed by atoms with Crippen molar-refractivity contribution >= 4 is 11.3 Å². The maximum absolute atomic E-state index is 3.76. The predicted molar refractivity (Wildman–Crippen MR) is 51.1 cm³/mol. The number of aryl methyl sites for hydroxylation is 1. The lowest BCUT2D eigenvalue weighted by atomic mass is 10.2. The molecular formula is C9H13NS. The topological polar surface area (TPSA) is 12.0 Å². The molecule has 0 saturated carbocycles. The van der Waals surface area contributed by atoms with Crippen molar-refractivity contribution in [3.05, 3.63) is 34.5 Å². The summed E-state index contributed by atoms with van der Waals surface area (Å²) in [4.78, 5) is 2.68. The van der Waals surface area contributed by atoms with Crippen LogP contribution >= 0.6 is 11.3 Å². The van der Waals surface area contributed by atoms with Crippen molar-refractivity contribution < 1.29 is 0 Å². The van der Waals surface area contributed by atoms with Gasteiger partial charge < -0.3 is 5.32 Å². The van der Waals surface area contributed by atoms with Crippen molar-refractivity contribution in [3.8, 4) is 0 Å². The van der Waals surface area contributed by atoms with E-state index >= 15 is 0 Å². The molecule has 0 aliphatic rings. The van der Waals surface area contributed by atoms with Gasteiger partial charge in [0.25, 0.3) is 0 Å². The average Bonchev–Trinajstić information content (AvgIpc) is 2.39. The minimum Gasteiger partial charge on any atom is -0.309 e. The quantitative estimate of drug-likeness (QED) is 0.682. The molecule has 0 aliphatic heterocycles. The van der Waals surface area contributed by atoms with Crippen LogP contribution in [-0.2, 0) is 0 Å². The van der Waals surface area contributed by atoms with Gasteiger partial charge >= 0.3 is 0 Å². The van der Waals surface area contributed by atoms with E-state index < -0.39 is 0 Å². The van der Waals surface area contributed by atoms with E-state index in [9.17, 15) is 0 Å². The number of thiophene rings is 1. The van der Waals surface area contributed by atoms with Crippen molar-refractivity contribution in [1.29, 1.82) is 0 Å². The monoisotopic (exact) mass is 167 g/mol. The molecule has 1 nitrogen and oxygen atoms in total. The smallest absolute Gasteiger partial charge is 0.0595 e. The Bertz CT molecular complexity index is 239. The summed E-state index contributed by atoms with van der Waals surface area (Å²) in [5.74, 6) is 0. The predicted octanol–water partition coefficient (Wildman–Crippen LogP) is 2.50. The third-order valence-corrected chi connectivity index (χ3v) is 2.70. The minimum absolute atomic E-state index is 0.314. The van der Waals surface area contributed by atoms with Crippen molar-refractivity contribution in [2.75, 3.05) is 7.05 Å². The van der Waals surface area contributed by atoms with E-state index in [0.717, 1.165) is 0 Å². The fraction of sp³-hybridized carbons (Fsp3) is 0.333. The van der Waals surface area contributed by atoms with Crippen molar-refractivity contribution in [3.63, 3.8) is 0 Å². The molecule has 1 unspecified atom stereocenters. The highest BCUT2D eigenvalue weighted by molar-refractivity contribution is 7.12. The van der Waals surface area contributed by atoms with Gasteiger partial charge in [0.2, 0.25) is 0 Å². The molecule has 0 fully saturated rings. The third-order valence-electron chi connectivity index (χ3n) is 1.61. The van der Waals surface area contributed by atoms with Crippen LogP contribution in [0.25, 0.3) is 0 Å². The molecule has 1 N–H and O–H groups in total. The summed E-state index contributed by atoms with van der Waals surface area (Å²) >= 11 is 1.81. The molecule has 11 heavy (non-hydrogen) atoms. The summed E-state index contributed by atoms with van der Waals surface area (Å²) in [5, 5.41) is 3.17. The Morgan fingerprint density at radius 1 is 1.64 bits per heavy atom. The Morgan fingerprint density at radius 3 is 2.73 bits per heavy atom. The van der Waals surface area contributed by atoms with Gasteiger partial charge in [0.15, 0.2) is 0 Å². The van der Waals surface area contributed by atoms with E-state index in [1.807, 2.05) is 24.5 Å². The molecule has 0 spiro atoms. The molecule has 1 aromatic heterocycles. The van der Waals surface area contributed by atoms with Crippen LogP contribution in [0, 0.1) is 6.92 Å². The number of likely N-dealkylation sites (N-methyl/N-ethyl adjacent to an activating group) is 1. The van der Waals surface area contributed by atoms with Crippen molar-refractivity contribution in [1.82, 2.24) is 5.32 Å². The molecule has 0 aromatic carbocycles. The summed E-state index contributed by atoms with van der Waals surface area (Å²) in [6.07, 6.45) is 1.92. The minimum atomic E-state index is 0.314. The Balaban J connectivity index is 2.81. The SMILES string of the molecule is C=CC(NC)c1ccc(C)s1. The fourth-order valence-electron chi connectivity index (χ4n) is 0.997. The van der Waals surface area contributed by atoms with Crippen LogP contribution in [0.15, 0.2) is 24.8 Å². The van der Waals surface area contributed by atoms with Crippen LogP contribution in [-0.4, -0.2) is 7.05 Å². The summed E-state index contributed by atoms with van der Waals surface area (Å²) in [6, 6.07) is 4.59. The molecule has 1 heterocycles.